The molecule has 0 spiro atoms. The lowest BCUT2D eigenvalue weighted by Crippen LogP contribution is -2.47. The fourth-order valence-electron chi connectivity index (χ4n) is 4.20. The highest BCUT2D eigenvalue weighted by Crippen LogP contribution is 2.32. The molecule has 2 heterocycles. The van der Waals surface area contributed by atoms with Gasteiger partial charge in [0.25, 0.3) is 5.69 Å². The second-order valence-electron chi connectivity index (χ2n) is 7.93. The largest absolute Gasteiger partial charge is 0.366 e. The number of para-hydroxylation sites is 2. The van der Waals surface area contributed by atoms with Gasteiger partial charge >= 0.3 is 0 Å². The Morgan fingerprint density at radius 1 is 1.09 bits per heavy atom. The van der Waals surface area contributed by atoms with Crippen molar-refractivity contribution < 1.29 is 14.5 Å². The Kier molecular flexibility index (Phi) is 6.45. The number of carbonyl (C=O) groups excluding carboxylic acids is 2. The summed E-state index contributed by atoms with van der Waals surface area (Å²) in [5, 5.41) is 17.5. The van der Waals surface area contributed by atoms with E-state index in [1.165, 1.54) is 6.07 Å². The van der Waals surface area contributed by atoms with E-state index in [0.29, 0.717) is 55.4 Å². The molecule has 0 saturated carbocycles. The molecule has 2 amide bonds. The summed E-state index contributed by atoms with van der Waals surface area (Å²) in [4.78, 5) is 39.2. The average Bonchev–Trinajstić information content (AvgIpc) is 2.79. The molecule has 2 saturated heterocycles. The van der Waals surface area contributed by atoms with Crippen molar-refractivity contribution >= 4 is 46.2 Å². The molecule has 0 atom stereocenters. The molecule has 0 aromatic heterocycles. The molecule has 0 bridgehead atoms. The van der Waals surface area contributed by atoms with Gasteiger partial charge in [0.2, 0.25) is 11.8 Å². The maximum Gasteiger partial charge on any atom is 0.292 e. The molecule has 4 rings (SSSR count). The van der Waals surface area contributed by atoms with Crippen LogP contribution in [0.2, 0.25) is 5.02 Å². The van der Waals surface area contributed by atoms with Crippen LogP contribution in [-0.2, 0) is 9.59 Å². The zero-order valence-electron chi connectivity index (χ0n) is 17.4. The number of nitrogens with one attached hydrogen (secondary N) is 2. The normalized spacial score (nSPS) is 17.1. The number of nitro groups is 1. The maximum atomic E-state index is 12.8. The third-order valence-corrected chi connectivity index (χ3v) is 6.18. The van der Waals surface area contributed by atoms with Crippen molar-refractivity contribution in [3.8, 4) is 0 Å². The van der Waals surface area contributed by atoms with Gasteiger partial charge in [0, 0.05) is 43.9 Å². The predicted molar refractivity (Wildman–Crippen MR) is 123 cm³/mol. The molecule has 2 aromatic carbocycles. The number of hydrogen-bond donors (Lipinski definition) is 2. The summed E-state index contributed by atoms with van der Waals surface area (Å²) in [5.41, 5.74) is 2.03. The zero-order chi connectivity index (χ0) is 22.7. The average molecular weight is 458 g/mol. The van der Waals surface area contributed by atoms with Crippen LogP contribution < -0.4 is 20.4 Å². The number of nitrogens with zero attached hydrogens (tertiary/aromatic N) is 3. The van der Waals surface area contributed by atoms with E-state index < -0.39 is 0 Å². The van der Waals surface area contributed by atoms with Gasteiger partial charge in [0.05, 0.1) is 22.2 Å². The van der Waals surface area contributed by atoms with Gasteiger partial charge in [-0.25, -0.2) is 0 Å². The van der Waals surface area contributed by atoms with Crippen LogP contribution in [0.25, 0.3) is 0 Å². The van der Waals surface area contributed by atoms with Crippen LogP contribution in [0.3, 0.4) is 0 Å². The first kappa shape index (κ1) is 21.9. The standard InChI is InChI=1S/C22H24ClN5O4/c23-17-13-16(5-6-18(17)27-12-9-24-21(29)14-27)25-22(30)15-7-10-26(11-8-15)19-3-1-2-4-20(19)28(31)32/h1-6,13,15H,7-12,14H2,(H,24,29)(H,25,30). The quantitative estimate of drug-likeness (QED) is 0.527. The van der Waals surface area contributed by atoms with Crippen molar-refractivity contribution in [2.75, 3.05) is 47.8 Å². The van der Waals surface area contributed by atoms with E-state index in [4.69, 9.17) is 11.6 Å². The minimum atomic E-state index is -0.377. The summed E-state index contributed by atoms with van der Waals surface area (Å²) < 4.78 is 0. The number of carbonyl (C=O) groups is 2. The lowest BCUT2D eigenvalue weighted by Gasteiger charge is -2.32. The summed E-state index contributed by atoms with van der Waals surface area (Å²) in [5.74, 6) is -0.316. The molecule has 168 valence electrons. The first-order valence-corrected chi connectivity index (χ1v) is 10.9. The molecule has 2 aromatic rings. The topological polar surface area (TPSA) is 108 Å². The first-order chi connectivity index (χ1) is 15.4. The number of benzene rings is 2. The third-order valence-electron chi connectivity index (χ3n) is 5.88. The highest BCUT2D eigenvalue weighted by Gasteiger charge is 2.28. The lowest BCUT2D eigenvalue weighted by atomic mass is 9.95. The second kappa shape index (κ2) is 9.44. The Bertz CT molecular complexity index is 1040. The molecule has 2 aliphatic heterocycles. The summed E-state index contributed by atoms with van der Waals surface area (Å²) in [6, 6.07) is 12.0. The molecule has 9 nitrogen and oxygen atoms in total. The van der Waals surface area contributed by atoms with Crippen molar-refractivity contribution in [2.24, 2.45) is 5.92 Å². The Hall–Kier alpha value is -3.33. The number of anilines is 3. The molecule has 0 aliphatic carbocycles. The molecular formula is C22H24ClN5O4. The summed E-state index contributed by atoms with van der Waals surface area (Å²) >= 11 is 6.42. The van der Waals surface area contributed by atoms with Gasteiger partial charge in [-0.05, 0) is 37.1 Å². The van der Waals surface area contributed by atoms with Gasteiger partial charge in [-0.1, -0.05) is 23.7 Å². The first-order valence-electron chi connectivity index (χ1n) is 10.5. The Balaban J connectivity index is 1.36. The Labute approximate surface area is 190 Å². The van der Waals surface area contributed by atoms with Crippen LogP contribution in [0.4, 0.5) is 22.7 Å². The van der Waals surface area contributed by atoms with Crippen LogP contribution in [0.15, 0.2) is 42.5 Å². The zero-order valence-corrected chi connectivity index (χ0v) is 18.2. The monoisotopic (exact) mass is 457 g/mol. The van der Waals surface area contributed by atoms with Gasteiger partial charge < -0.3 is 20.4 Å². The van der Waals surface area contributed by atoms with Crippen LogP contribution in [0.1, 0.15) is 12.8 Å². The predicted octanol–water partition coefficient (Wildman–Crippen LogP) is 3.04. The number of piperazine rings is 1. The molecule has 2 aliphatic rings. The van der Waals surface area contributed by atoms with Crippen LogP contribution in [0, 0.1) is 16.0 Å². The third kappa shape index (κ3) is 4.77. The fourth-order valence-corrected chi connectivity index (χ4v) is 4.50. The van der Waals surface area contributed by atoms with Crippen LogP contribution >= 0.6 is 11.6 Å². The summed E-state index contributed by atoms with van der Waals surface area (Å²) in [7, 11) is 0. The molecule has 2 N–H and O–H groups in total. The van der Waals surface area contributed by atoms with Gasteiger partial charge in [0.15, 0.2) is 0 Å². The summed E-state index contributed by atoms with van der Waals surface area (Å²) in [6.45, 7) is 2.64. The molecule has 2 fully saturated rings. The number of halogens is 1. The number of hydrogen-bond acceptors (Lipinski definition) is 6. The van der Waals surface area contributed by atoms with E-state index >= 15 is 0 Å². The van der Waals surface area contributed by atoms with Gasteiger partial charge in [-0.3, -0.25) is 19.7 Å². The highest BCUT2D eigenvalue weighted by atomic mass is 35.5. The fraction of sp³-hybridized carbons (Fsp3) is 0.364. The minimum Gasteiger partial charge on any atom is -0.366 e. The van der Waals surface area contributed by atoms with Crippen LogP contribution in [-0.4, -0.2) is 49.5 Å². The van der Waals surface area contributed by atoms with Crippen molar-refractivity contribution in [2.45, 2.75) is 12.8 Å². The SMILES string of the molecule is O=C1CN(c2ccc(NC(=O)C3CCN(c4ccccc4[N+](=O)[O-])CC3)cc2Cl)CCN1. The number of rotatable bonds is 5. The van der Waals surface area contributed by atoms with Gasteiger partial charge in [0.1, 0.15) is 5.69 Å². The van der Waals surface area contributed by atoms with E-state index in [1.807, 2.05) is 15.9 Å². The Morgan fingerprint density at radius 2 is 1.84 bits per heavy atom. The minimum absolute atomic E-state index is 0.0446. The number of nitro benzene ring substituents is 1. The molecule has 32 heavy (non-hydrogen) atoms. The highest BCUT2D eigenvalue weighted by molar-refractivity contribution is 6.33. The van der Waals surface area contributed by atoms with Gasteiger partial charge in [-0.2, -0.15) is 0 Å². The van der Waals surface area contributed by atoms with E-state index in [2.05, 4.69) is 10.6 Å². The number of amides is 2. The van der Waals surface area contributed by atoms with Crippen molar-refractivity contribution in [3.63, 3.8) is 0 Å². The molecular weight excluding hydrogens is 434 g/mol. The molecule has 0 unspecified atom stereocenters. The molecule has 10 heteroatoms. The van der Waals surface area contributed by atoms with E-state index in [-0.39, 0.29) is 34.9 Å². The van der Waals surface area contributed by atoms with Crippen molar-refractivity contribution in [1.82, 2.24) is 5.32 Å². The van der Waals surface area contributed by atoms with Crippen molar-refractivity contribution in [1.29, 1.82) is 0 Å². The van der Waals surface area contributed by atoms with Crippen molar-refractivity contribution in [3.05, 3.63) is 57.6 Å². The van der Waals surface area contributed by atoms with Crippen LogP contribution in [0.5, 0.6) is 0 Å². The smallest absolute Gasteiger partial charge is 0.292 e. The van der Waals surface area contributed by atoms with E-state index in [0.717, 1.165) is 5.69 Å². The molecule has 0 radical (unpaired) electrons. The van der Waals surface area contributed by atoms with E-state index in [9.17, 15) is 19.7 Å². The lowest BCUT2D eigenvalue weighted by molar-refractivity contribution is -0.384. The number of piperidine rings is 1. The van der Waals surface area contributed by atoms with E-state index in [1.54, 1.807) is 30.3 Å². The Morgan fingerprint density at radius 3 is 2.53 bits per heavy atom. The second-order valence-corrected chi connectivity index (χ2v) is 8.34. The summed E-state index contributed by atoms with van der Waals surface area (Å²) in [6.07, 6.45) is 1.21. The maximum absolute atomic E-state index is 12.8. The van der Waals surface area contributed by atoms with Gasteiger partial charge in [-0.15, -0.1) is 0 Å².